The van der Waals surface area contributed by atoms with Gasteiger partial charge in [-0.2, -0.15) is 0 Å². The van der Waals surface area contributed by atoms with E-state index in [1.54, 1.807) is 0 Å². The van der Waals surface area contributed by atoms with E-state index in [0.717, 1.165) is 5.76 Å². The van der Waals surface area contributed by atoms with E-state index in [0.29, 0.717) is 18.2 Å². The monoisotopic (exact) mass is 197 g/mol. The van der Waals surface area contributed by atoms with Crippen molar-refractivity contribution in [3.05, 3.63) is 23.7 Å². The number of hydrogen-bond acceptors (Lipinski definition) is 3. The predicted molar refractivity (Wildman–Crippen MR) is 55.8 cm³/mol. The summed E-state index contributed by atoms with van der Waals surface area (Å²) in [5.74, 6) is 1.84. The largest absolute Gasteiger partial charge is 0.464 e. The molecule has 2 atom stereocenters. The van der Waals surface area contributed by atoms with Gasteiger partial charge in [0.2, 0.25) is 0 Å². The van der Waals surface area contributed by atoms with Gasteiger partial charge in [0.1, 0.15) is 17.6 Å². The average molecular weight is 197 g/mol. The lowest BCUT2D eigenvalue weighted by Crippen LogP contribution is -2.26. The first-order valence-electron chi connectivity index (χ1n) is 5.00. The Morgan fingerprint density at radius 2 is 2.07 bits per heavy atom. The summed E-state index contributed by atoms with van der Waals surface area (Å²) in [6.07, 6.45) is -0.589. The Hall–Kier alpha value is -0.800. The Kier molecular flexibility index (Phi) is 3.72. The molecule has 1 rings (SSSR count). The zero-order chi connectivity index (χ0) is 10.7. The quantitative estimate of drug-likeness (QED) is 0.774. The van der Waals surface area contributed by atoms with Crippen LogP contribution >= 0.6 is 0 Å². The van der Waals surface area contributed by atoms with Crippen LogP contribution in [-0.2, 0) is 0 Å². The molecule has 3 heteroatoms. The highest BCUT2D eigenvalue weighted by Gasteiger charge is 2.24. The third-order valence-electron chi connectivity index (χ3n) is 2.59. The minimum absolute atomic E-state index is 0.0561. The fourth-order valence-electron chi connectivity index (χ4n) is 1.59. The summed E-state index contributed by atoms with van der Waals surface area (Å²) in [5, 5.41) is 9.99. The maximum Gasteiger partial charge on any atom is 0.132 e. The van der Waals surface area contributed by atoms with Crippen LogP contribution in [-0.4, -0.2) is 11.7 Å². The molecule has 2 unspecified atom stereocenters. The molecule has 1 aromatic rings. The summed E-state index contributed by atoms with van der Waals surface area (Å²) in [6.45, 7) is 6.44. The number of nitrogens with two attached hydrogens (primary N) is 1. The molecule has 1 aromatic heterocycles. The smallest absolute Gasteiger partial charge is 0.132 e. The lowest BCUT2D eigenvalue weighted by Gasteiger charge is -2.23. The third-order valence-corrected chi connectivity index (χ3v) is 2.59. The van der Waals surface area contributed by atoms with Crippen molar-refractivity contribution in [1.82, 2.24) is 0 Å². The van der Waals surface area contributed by atoms with Gasteiger partial charge >= 0.3 is 0 Å². The van der Waals surface area contributed by atoms with Crippen LogP contribution in [0.1, 0.15) is 31.5 Å². The molecule has 3 N–H and O–H groups in total. The van der Waals surface area contributed by atoms with Crippen LogP contribution in [0.25, 0.3) is 0 Å². The SMILES string of the molecule is Cc1ccc(C(O)C(CN)C(C)C)o1. The second kappa shape index (κ2) is 4.62. The molecule has 0 saturated heterocycles. The maximum atomic E-state index is 9.99. The fraction of sp³-hybridized carbons (Fsp3) is 0.636. The van der Waals surface area contributed by atoms with E-state index < -0.39 is 6.10 Å². The molecule has 0 aliphatic rings. The van der Waals surface area contributed by atoms with Gasteiger partial charge in [-0.15, -0.1) is 0 Å². The molecule has 0 bridgehead atoms. The summed E-state index contributed by atoms with van der Waals surface area (Å²) >= 11 is 0. The van der Waals surface area contributed by atoms with E-state index in [1.165, 1.54) is 0 Å². The van der Waals surface area contributed by atoms with Crippen molar-refractivity contribution >= 4 is 0 Å². The predicted octanol–water partition coefficient (Wildman–Crippen LogP) is 1.85. The lowest BCUT2D eigenvalue weighted by atomic mass is 9.89. The number of hydrogen-bond donors (Lipinski definition) is 2. The molecule has 0 amide bonds. The Labute approximate surface area is 84.9 Å². The van der Waals surface area contributed by atoms with E-state index in [9.17, 15) is 5.11 Å². The van der Waals surface area contributed by atoms with Crippen LogP contribution in [0, 0.1) is 18.8 Å². The van der Waals surface area contributed by atoms with Gasteiger partial charge in [-0.1, -0.05) is 13.8 Å². The minimum Gasteiger partial charge on any atom is -0.464 e. The van der Waals surface area contributed by atoms with Gasteiger partial charge in [-0.3, -0.25) is 0 Å². The number of aliphatic hydroxyl groups excluding tert-OH is 1. The average Bonchev–Trinajstić information content (AvgIpc) is 2.52. The number of aliphatic hydroxyl groups is 1. The second-order valence-corrected chi connectivity index (χ2v) is 4.04. The lowest BCUT2D eigenvalue weighted by molar-refractivity contribution is 0.0654. The topological polar surface area (TPSA) is 59.4 Å². The van der Waals surface area contributed by atoms with Crippen molar-refractivity contribution in [2.75, 3.05) is 6.54 Å². The minimum atomic E-state index is -0.589. The molecular weight excluding hydrogens is 178 g/mol. The zero-order valence-corrected chi connectivity index (χ0v) is 9.03. The van der Waals surface area contributed by atoms with Crippen LogP contribution in [0.15, 0.2) is 16.5 Å². The first-order chi connectivity index (χ1) is 6.56. The van der Waals surface area contributed by atoms with Gasteiger partial charge in [-0.25, -0.2) is 0 Å². The summed E-state index contributed by atoms with van der Waals surface area (Å²) in [5.41, 5.74) is 5.62. The number of furan rings is 1. The highest BCUT2D eigenvalue weighted by Crippen LogP contribution is 2.28. The molecule has 0 spiro atoms. The Bertz CT molecular complexity index is 281. The summed E-state index contributed by atoms with van der Waals surface area (Å²) in [4.78, 5) is 0. The Balaban J connectivity index is 2.77. The van der Waals surface area contributed by atoms with Crippen LogP contribution < -0.4 is 5.73 Å². The number of aryl methyl sites for hydroxylation is 1. The molecule has 80 valence electrons. The van der Waals surface area contributed by atoms with Crippen molar-refractivity contribution in [1.29, 1.82) is 0 Å². The first-order valence-corrected chi connectivity index (χ1v) is 5.00. The van der Waals surface area contributed by atoms with Crippen LogP contribution in [0.4, 0.5) is 0 Å². The van der Waals surface area contributed by atoms with E-state index in [1.807, 2.05) is 19.1 Å². The van der Waals surface area contributed by atoms with Crippen molar-refractivity contribution in [2.24, 2.45) is 17.6 Å². The van der Waals surface area contributed by atoms with Crippen LogP contribution in [0.3, 0.4) is 0 Å². The zero-order valence-electron chi connectivity index (χ0n) is 9.03. The Morgan fingerprint density at radius 1 is 1.43 bits per heavy atom. The third kappa shape index (κ3) is 2.36. The maximum absolute atomic E-state index is 9.99. The summed E-state index contributed by atoms with van der Waals surface area (Å²) in [7, 11) is 0. The highest BCUT2D eigenvalue weighted by molar-refractivity contribution is 5.09. The van der Waals surface area contributed by atoms with Gasteiger partial charge in [0.25, 0.3) is 0 Å². The van der Waals surface area contributed by atoms with Crippen molar-refractivity contribution in [3.8, 4) is 0 Å². The van der Waals surface area contributed by atoms with E-state index in [4.69, 9.17) is 10.2 Å². The molecule has 0 aromatic carbocycles. The molecule has 0 radical (unpaired) electrons. The second-order valence-electron chi connectivity index (χ2n) is 4.04. The van der Waals surface area contributed by atoms with Gasteiger partial charge in [0.15, 0.2) is 0 Å². The van der Waals surface area contributed by atoms with Crippen molar-refractivity contribution < 1.29 is 9.52 Å². The fourth-order valence-corrected chi connectivity index (χ4v) is 1.59. The van der Waals surface area contributed by atoms with Gasteiger partial charge in [0.05, 0.1) is 0 Å². The normalized spacial score (nSPS) is 15.9. The van der Waals surface area contributed by atoms with Gasteiger partial charge in [-0.05, 0) is 31.5 Å². The molecular formula is C11H19NO2. The molecule has 3 nitrogen and oxygen atoms in total. The summed E-state index contributed by atoms with van der Waals surface area (Å²) < 4.78 is 5.37. The highest BCUT2D eigenvalue weighted by atomic mass is 16.4. The van der Waals surface area contributed by atoms with E-state index in [-0.39, 0.29) is 5.92 Å². The van der Waals surface area contributed by atoms with Crippen molar-refractivity contribution in [3.63, 3.8) is 0 Å². The molecule has 0 aliphatic heterocycles. The van der Waals surface area contributed by atoms with Crippen molar-refractivity contribution in [2.45, 2.75) is 26.9 Å². The van der Waals surface area contributed by atoms with E-state index >= 15 is 0 Å². The van der Waals surface area contributed by atoms with Gasteiger partial charge < -0.3 is 15.3 Å². The molecule has 0 aliphatic carbocycles. The van der Waals surface area contributed by atoms with E-state index in [2.05, 4.69) is 13.8 Å². The number of rotatable bonds is 4. The van der Waals surface area contributed by atoms with Gasteiger partial charge in [0, 0.05) is 5.92 Å². The molecule has 0 saturated carbocycles. The molecule has 1 heterocycles. The Morgan fingerprint density at radius 3 is 2.43 bits per heavy atom. The first kappa shape index (κ1) is 11.3. The molecule has 0 fully saturated rings. The standard InChI is InChI=1S/C11H19NO2/c1-7(2)9(6-12)11(13)10-5-4-8(3)14-10/h4-5,7,9,11,13H,6,12H2,1-3H3. The summed E-state index contributed by atoms with van der Waals surface area (Å²) in [6, 6.07) is 3.66. The molecule has 14 heavy (non-hydrogen) atoms. The van der Waals surface area contributed by atoms with Crippen LogP contribution in [0.5, 0.6) is 0 Å². The van der Waals surface area contributed by atoms with Crippen LogP contribution in [0.2, 0.25) is 0 Å².